The lowest BCUT2D eigenvalue weighted by Crippen LogP contribution is -2.29. The first kappa shape index (κ1) is 20.9. The fourth-order valence-electron chi connectivity index (χ4n) is 3.72. The molecule has 1 amide bonds. The van der Waals surface area contributed by atoms with Crippen molar-refractivity contribution < 1.29 is 23.8 Å². The second-order valence-electron chi connectivity index (χ2n) is 7.25. The second kappa shape index (κ2) is 8.43. The summed E-state index contributed by atoms with van der Waals surface area (Å²) in [5, 5.41) is 11.1. The molecule has 31 heavy (non-hydrogen) atoms. The van der Waals surface area contributed by atoms with Crippen LogP contribution in [0.15, 0.2) is 75.3 Å². The molecule has 0 saturated carbocycles. The fraction of sp³-hybridized carbons (Fsp3) is 0.167. The van der Waals surface area contributed by atoms with Crippen molar-refractivity contribution in [1.29, 1.82) is 0 Å². The SMILES string of the molecule is COc1cccc(C2/C(=C(/O)c3ccc(Br)c(C)c3)C(=O)C(=O)N2Cc2ccco2)c1. The molecule has 1 saturated heterocycles. The first-order valence-electron chi connectivity index (χ1n) is 9.62. The lowest BCUT2D eigenvalue weighted by molar-refractivity contribution is -0.140. The summed E-state index contributed by atoms with van der Waals surface area (Å²) in [6.45, 7) is 1.98. The molecule has 1 aromatic heterocycles. The zero-order chi connectivity index (χ0) is 22.1. The summed E-state index contributed by atoms with van der Waals surface area (Å²) < 4.78 is 11.6. The average Bonchev–Trinajstić information content (AvgIpc) is 3.37. The molecule has 6 nitrogen and oxygen atoms in total. The maximum Gasteiger partial charge on any atom is 0.296 e. The van der Waals surface area contributed by atoms with Gasteiger partial charge in [0.15, 0.2) is 0 Å². The van der Waals surface area contributed by atoms with Gasteiger partial charge in [0.2, 0.25) is 0 Å². The molecule has 0 bridgehead atoms. The highest BCUT2D eigenvalue weighted by atomic mass is 79.9. The van der Waals surface area contributed by atoms with E-state index in [0.717, 1.165) is 10.0 Å². The van der Waals surface area contributed by atoms with Crippen LogP contribution in [0, 0.1) is 6.92 Å². The Kier molecular flexibility index (Phi) is 5.69. The number of nitrogens with zero attached hydrogens (tertiary/aromatic N) is 1. The molecule has 1 atom stereocenters. The number of aliphatic hydroxyl groups excluding tert-OH is 1. The van der Waals surface area contributed by atoms with Crippen LogP contribution in [0.3, 0.4) is 0 Å². The first-order chi connectivity index (χ1) is 14.9. The molecule has 0 spiro atoms. The number of carbonyl (C=O) groups excluding carboxylic acids is 2. The number of benzene rings is 2. The average molecular weight is 482 g/mol. The number of amides is 1. The Morgan fingerprint density at radius 2 is 1.97 bits per heavy atom. The van der Waals surface area contributed by atoms with Gasteiger partial charge in [0.1, 0.15) is 17.3 Å². The molecule has 1 N–H and O–H groups in total. The number of ketones is 1. The number of hydrogen-bond acceptors (Lipinski definition) is 5. The van der Waals surface area contributed by atoms with Crippen molar-refractivity contribution in [2.24, 2.45) is 0 Å². The van der Waals surface area contributed by atoms with E-state index in [9.17, 15) is 14.7 Å². The van der Waals surface area contributed by atoms with Crippen LogP contribution in [-0.2, 0) is 16.1 Å². The molecular formula is C24H20BrNO5. The molecule has 0 aliphatic carbocycles. The second-order valence-corrected chi connectivity index (χ2v) is 8.10. The summed E-state index contributed by atoms with van der Waals surface area (Å²) in [6.07, 6.45) is 1.51. The lowest BCUT2D eigenvalue weighted by Gasteiger charge is -2.24. The molecule has 1 aliphatic heterocycles. The molecule has 4 rings (SSSR count). The number of likely N-dealkylation sites (tertiary alicyclic amines) is 1. The monoisotopic (exact) mass is 481 g/mol. The van der Waals surface area contributed by atoms with Gasteiger partial charge in [0.25, 0.3) is 11.7 Å². The number of Topliss-reactive ketones (excluding diaryl/α,β-unsaturated/α-hetero) is 1. The third kappa shape index (κ3) is 3.88. The predicted molar refractivity (Wildman–Crippen MR) is 118 cm³/mol. The van der Waals surface area contributed by atoms with Crippen LogP contribution in [0.5, 0.6) is 5.75 Å². The topological polar surface area (TPSA) is 80.0 Å². The van der Waals surface area contributed by atoms with E-state index in [-0.39, 0.29) is 17.9 Å². The van der Waals surface area contributed by atoms with Gasteiger partial charge < -0.3 is 19.2 Å². The number of carbonyl (C=O) groups is 2. The van der Waals surface area contributed by atoms with E-state index in [1.54, 1.807) is 61.7 Å². The number of ether oxygens (including phenoxy) is 1. The zero-order valence-electron chi connectivity index (χ0n) is 17.0. The molecule has 7 heteroatoms. The Balaban J connectivity index is 1.89. The van der Waals surface area contributed by atoms with Crippen molar-refractivity contribution in [3.05, 3.63) is 93.4 Å². The van der Waals surface area contributed by atoms with Gasteiger partial charge in [-0.3, -0.25) is 9.59 Å². The minimum absolute atomic E-state index is 0.0338. The number of halogens is 1. The van der Waals surface area contributed by atoms with Gasteiger partial charge in [-0.25, -0.2) is 0 Å². The van der Waals surface area contributed by atoms with Crippen molar-refractivity contribution in [2.45, 2.75) is 19.5 Å². The van der Waals surface area contributed by atoms with E-state index in [1.165, 1.54) is 11.2 Å². The maximum absolute atomic E-state index is 13.1. The van der Waals surface area contributed by atoms with Gasteiger partial charge in [0, 0.05) is 10.0 Å². The summed E-state index contributed by atoms with van der Waals surface area (Å²) in [7, 11) is 1.55. The predicted octanol–water partition coefficient (Wildman–Crippen LogP) is 4.98. The van der Waals surface area contributed by atoms with Gasteiger partial charge in [-0.05, 0) is 54.4 Å². The largest absolute Gasteiger partial charge is 0.507 e. The van der Waals surface area contributed by atoms with Gasteiger partial charge in [0.05, 0.1) is 31.5 Å². The molecule has 1 unspecified atom stereocenters. The van der Waals surface area contributed by atoms with E-state index in [4.69, 9.17) is 9.15 Å². The molecule has 0 radical (unpaired) electrons. The molecule has 2 heterocycles. The summed E-state index contributed by atoms with van der Waals surface area (Å²) in [5.74, 6) is -0.532. The van der Waals surface area contributed by atoms with E-state index >= 15 is 0 Å². The highest BCUT2D eigenvalue weighted by Crippen LogP contribution is 2.41. The number of furan rings is 1. The molecule has 3 aromatic rings. The van der Waals surface area contributed by atoms with Crippen molar-refractivity contribution >= 4 is 33.4 Å². The van der Waals surface area contributed by atoms with E-state index in [1.807, 2.05) is 6.92 Å². The minimum Gasteiger partial charge on any atom is -0.507 e. The van der Waals surface area contributed by atoms with Crippen LogP contribution in [0.2, 0.25) is 0 Å². The van der Waals surface area contributed by atoms with E-state index in [0.29, 0.717) is 22.6 Å². The number of methoxy groups -OCH3 is 1. The molecule has 1 aliphatic rings. The molecule has 158 valence electrons. The van der Waals surface area contributed by atoms with Crippen molar-refractivity contribution in [3.63, 3.8) is 0 Å². The smallest absolute Gasteiger partial charge is 0.296 e. The number of aliphatic hydroxyl groups is 1. The van der Waals surface area contributed by atoms with Crippen LogP contribution >= 0.6 is 15.9 Å². The van der Waals surface area contributed by atoms with Crippen LogP contribution < -0.4 is 4.74 Å². The zero-order valence-corrected chi connectivity index (χ0v) is 18.5. The summed E-state index contributed by atoms with van der Waals surface area (Å²) >= 11 is 3.44. The van der Waals surface area contributed by atoms with Crippen LogP contribution in [-0.4, -0.2) is 28.8 Å². The standard InChI is InChI=1S/C24H20BrNO5/c1-14-11-16(8-9-19(14)25)22(27)20-21(15-5-3-6-17(12-15)30-2)26(24(29)23(20)28)13-18-7-4-10-31-18/h3-12,21,27H,13H2,1-2H3/b22-20-. The van der Waals surface area contributed by atoms with Gasteiger partial charge in [-0.15, -0.1) is 0 Å². The Morgan fingerprint density at radius 1 is 1.16 bits per heavy atom. The van der Waals surface area contributed by atoms with Gasteiger partial charge in [-0.1, -0.05) is 34.1 Å². The van der Waals surface area contributed by atoms with Crippen molar-refractivity contribution in [2.75, 3.05) is 7.11 Å². The minimum atomic E-state index is -0.788. The van der Waals surface area contributed by atoms with Crippen molar-refractivity contribution in [3.8, 4) is 5.75 Å². The van der Waals surface area contributed by atoms with Crippen molar-refractivity contribution in [1.82, 2.24) is 4.90 Å². The first-order valence-corrected chi connectivity index (χ1v) is 10.4. The molecular weight excluding hydrogens is 462 g/mol. The molecule has 2 aromatic carbocycles. The Labute approximate surface area is 187 Å². The van der Waals surface area contributed by atoms with E-state index < -0.39 is 17.7 Å². The normalized spacial score (nSPS) is 17.9. The quantitative estimate of drug-likeness (QED) is 0.315. The number of hydrogen-bond donors (Lipinski definition) is 1. The Morgan fingerprint density at radius 3 is 2.65 bits per heavy atom. The highest BCUT2D eigenvalue weighted by Gasteiger charge is 2.46. The highest BCUT2D eigenvalue weighted by molar-refractivity contribution is 9.10. The lowest BCUT2D eigenvalue weighted by atomic mass is 9.94. The summed E-state index contributed by atoms with van der Waals surface area (Å²) in [5.41, 5.74) is 2.04. The third-order valence-corrected chi connectivity index (χ3v) is 6.18. The molecule has 1 fully saturated rings. The maximum atomic E-state index is 13.1. The van der Waals surface area contributed by atoms with Gasteiger partial charge in [-0.2, -0.15) is 0 Å². The van der Waals surface area contributed by atoms with Crippen LogP contribution in [0.25, 0.3) is 5.76 Å². The Hall–Kier alpha value is -3.32. The van der Waals surface area contributed by atoms with E-state index in [2.05, 4.69) is 15.9 Å². The third-order valence-electron chi connectivity index (χ3n) is 5.29. The van der Waals surface area contributed by atoms with Crippen LogP contribution in [0.1, 0.15) is 28.5 Å². The summed E-state index contributed by atoms with van der Waals surface area (Å²) in [4.78, 5) is 27.5. The Bertz CT molecular complexity index is 1180. The fourth-order valence-corrected chi connectivity index (χ4v) is 3.97. The number of aryl methyl sites for hydroxylation is 1. The van der Waals surface area contributed by atoms with Gasteiger partial charge >= 0.3 is 0 Å². The summed E-state index contributed by atoms with van der Waals surface area (Å²) in [6, 6.07) is 15.0. The van der Waals surface area contributed by atoms with Crippen LogP contribution in [0.4, 0.5) is 0 Å². The number of rotatable bonds is 5.